The topological polar surface area (TPSA) is 41.6 Å². The predicted molar refractivity (Wildman–Crippen MR) is 95.6 cm³/mol. The van der Waals surface area contributed by atoms with E-state index in [1.54, 1.807) is 25.3 Å². The first-order valence-electron chi connectivity index (χ1n) is 7.57. The average Bonchev–Trinajstić information content (AvgIpc) is 2.56. The van der Waals surface area contributed by atoms with E-state index in [4.69, 9.17) is 16.3 Å². The molecule has 23 heavy (non-hydrogen) atoms. The highest BCUT2D eigenvalue weighted by Gasteiger charge is 2.09. The van der Waals surface area contributed by atoms with E-state index in [0.29, 0.717) is 29.4 Å². The zero-order valence-electron chi connectivity index (χ0n) is 13.4. The number of para-hydroxylation sites is 1. The molecule has 1 amide bonds. The molecule has 0 radical (unpaired) electrons. The molecular weight excluding hydrogens is 312 g/mol. The van der Waals surface area contributed by atoms with Crippen molar-refractivity contribution in [3.05, 3.63) is 53.6 Å². The van der Waals surface area contributed by atoms with E-state index >= 15 is 0 Å². The molecule has 5 heteroatoms. The monoisotopic (exact) mass is 332 g/mol. The highest BCUT2D eigenvalue weighted by Crippen LogP contribution is 2.27. The highest BCUT2D eigenvalue weighted by atomic mass is 35.5. The van der Waals surface area contributed by atoms with E-state index < -0.39 is 0 Å². The van der Waals surface area contributed by atoms with Crippen LogP contribution in [0.5, 0.6) is 5.75 Å². The Kier molecular flexibility index (Phi) is 6.29. The largest absolute Gasteiger partial charge is 0.495 e. The fourth-order valence-electron chi connectivity index (χ4n) is 2.31. The van der Waals surface area contributed by atoms with Gasteiger partial charge in [-0.3, -0.25) is 4.79 Å². The Balaban J connectivity index is 1.90. The van der Waals surface area contributed by atoms with Crippen LogP contribution in [-0.2, 0) is 4.79 Å². The van der Waals surface area contributed by atoms with Crippen LogP contribution >= 0.6 is 11.6 Å². The van der Waals surface area contributed by atoms with Crippen molar-refractivity contribution >= 4 is 28.9 Å². The maximum Gasteiger partial charge on any atom is 0.226 e. The number of nitrogens with zero attached hydrogens (tertiary/aromatic N) is 1. The van der Waals surface area contributed by atoms with Gasteiger partial charge in [-0.15, -0.1) is 0 Å². The Morgan fingerprint density at radius 1 is 1.22 bits per heavy atom. The van der Waals surface area contributed by atoms with E-state index in [1.807, 2.05) is 30.3 Å². The number of hydrogen-bond acceptors (Lipinski definition) is 3. The van der Waals surface area contributed by atoms with Crippen LogP contribution in [0.3, 0.4) is 0 Å². The SMILES string of the molecule is CCN(CCC(=O)Nc1ccc(OC)c(Cl)c1)c1ccccc1. The summed E-state index contributed by atoms with van der Waals surface area (Å²) in [5, 5.41) is 3.34. The van der Waals surface area contributed by atoms with Crippen molar-refractivity contribution in [1.82, 2.24) is 0 Å². The molecule has 0 unspecified atom stereocenters. The zero-order chi connectivity index (χ0) is 16.7. The second-order valence-corrected chi connectivity index (χ2v) is 5.47. The van der Waals surface area contributed by atoms with Gasteiger partial charge in [-0.05, 0) is 37.3 Å². The smallest absolute Gasteiger partial charge is 0.226 e. The van der Waals surface area contributed by atoms with Gasteiger partial charge in [-0.1, -0.05) is 29.8 Å². The number of benzene rings is 2. The molecular formula is C18H21ClN2O2. The summed E-state index contributed by atoms with van der Waals surface area (Å²) in [4.78, 5) is 14.3. The lowest BCUT2D eigenvalue weighted by Gasteiger charge is -2.22. The van der Waals surface area contributed by atoms with E-state index in [1.165, 1.54) is 0 Å². The third kappa shape index (κ3) is 4.89. The van der Waals surface area contributed by atoms with Crippen molar-refractivity contribution in [2.45, 2.75) is 13.3 Å². The molecule has 2 rings (SSSR count). The second kappa shape index (κ2) is 8.44. The summed E-state index contributed by atoms with van der Waals surface area (Å²) in [5.41, 5.74) is 1.79. The summed E-state index contributed by atoms with van der Waals surface area (Å²) in [6.07, 6.45) is 0.409. The van der Waals surface area contributed by atoms with Gasteiger partial charge in [0.1, 0.15) is 5.75 Å². The first kappa shape index (κ1) is 17.2. The Hall–Kier alpha value is -2.20. The Morgan fingerprint density at radius 2 is 1.96 bits per heavy atom. The number of rotatable bonds is 7. The van der Waals surface area contributed by atoms with Crippen molar-refractivity contribution in [3.63, 3.8) is 0 Å². The second-order valence-electron chi connectivity index (χ2n) is 5.06. The van der Waals surface area contributed by atoms with Crippen LogP contribution < -0.4 is 15.0 Å². The van der Waals surface area contributed by atoms with Crippen LogP contribution in [0.4, 0.5) is 11.4 Å². The van der Waals surface area contributed by atoms with Crippen LogP contribution in [0.25, 0.3) is 0 Å². The van der Waals surface area contributed by atoms with Gasteiger partial charge < -0.3 is 15.0 Å². The van der Waals surface area contributed by atoms with Gasteiger partial charge >= 0.3 is 0 Å². The fourth-order valence-corrected chi connectivity index (χ4v) is 2.57. The van der Waals surface area contributed by atoms with E-state index in [2.05, 4.69) is 17.1 Å². The molecule has 0 aromatic heterocycles. The first-order chi connectivity index (χ1) is 11.1. The van der Waals surface area contributed by atoms with E-state index in [0.717, 1.165) is 12.2 Å². The van der Waals surface area contributed by atoms with E-state index in [-0.39, 0.29) is 5.91 Å². The Labute approximate surface area is 142 Å². The van der Waals surface area contributed by atoms with Crippen LogP contribution in [0.1, 0.15) is 13.3 Å². The lowest BCUT2D eigenvalue weighted by atomic mass is 10.2. The molecule has 122 valence electrons. The number of amides is 1. The zero-order valence-corrected chi connectivity index (χ0v) is 14.1. The highest BCUT2D eigenvalue weighted by molar-refractivity contribution is 6.32. The molecule has 1 N–H and O–H groups in total. The summed E-state index contributed by atoms with van der Waals surface area (Å²) in [6.45, 7) is 3.59. The molecule has 4 nitrogen and oxygen atoms in total. The molecule has 0 aliphatic carbocycles. The fraction of sp³-hybridized carbons (Fsp3) is 0.278. The lowest BCUT2D eigenvalue weighted by Crippen LogP contribution is -2.27. The molecule has 0 saturated heterocycles. The van der Waals surface area contributed by atoms with Crippen molar-refractivity contribution in [2.75, 3.05) is 30.4 Å². The van der Waals surface area contributed by atoms with Crippen molar-refractivity contribution in [1.29, 1.82) is 0 Å². The van der Waals surface area contributed by atoms with Crippen LogP contribution in [0.2, 0.25) is 5.02 Å². The number of hydrogen-bond donors (Lipinski definition) is 1. The molecule has 2 aromatic rings. The summed E-state index contributed by atoms with van der Waals surface area (Å²) in [5.74, 6) is 0.548. The summed E-state index contributed by atoms with van der Waals surface area (Å²) >= 11 is 6.06. The molecule has 0 aliphatic heterocycles. The van der Waals surface area contributed by atoms with Crippen LogP contribution in [-0.4, -0.2) is 26.1 Å². The molecule has 0 bridgehead atoms. The molecule has 0 atom stereocenters. The molecule has 0 spiro atoms. The minimum Gasteiger partial charge on any atom is -0.495 e. The van der Waals surface area contributed by atoms with Gasteiger partial charge in [0.2, 0.25) is 5.91 Å². The summed E-state index contributed by atoms with van der Waals surface area (Å²) in [6, 6.07) is 15.3. The predicted octanol–water partition coefficient (Wildman–Crippen LogP) is 4.20. The third-order valence-corrected chi connectivity index (χ3v) is 3.84. The van der Waals surface area contributed by atoms with Gasteiger partial charge in [-0.25, -0.2) is 0 Å². The summed E-state index contributed by atoms with van der Waals surface area (Å²) < 4.78 is 5.10. The molecule has 2 aromatic carbocycles. The molecule has 0 aliphatic rings. The standard InChI is InChI=1S/C18H21ClN2O2/c1-3-21(15-7-5-4-6-8-15)12-11-18(22)20-14-9-10-17(23-2)16(19)13-14/h4-10,13H,3,11-12H2,1-2H3,(H,20,22). The number of nitrogens with one attached hydrogen (secondary N) is 1. The van der Waals surface area contributed by atoms with Gasteiger partial charge in [0.05, 0.1) is 12.1 Å². The molecule has 0 saturated carbocycles. The maximum absolute atomic E-state index is 12.1. The minimum atomic E-state index is -0.0411. The number of ether oxygens (including phenoxy) is 1. The number of methoxy groups -OCH3 is 1. The Morgan fingerprint density at radius 3 is 2.57 bits per heavy atom. The number of carbonyl (C=O) groups is 1. The lowest BCUT2D eigenvalue weighted by molar-refractivity contribution is -0.116. The quantitative estimate of drug-likeness (QED) is 0.826. The van der Waals surface area contributed by atoms with Crippen molar-refractivity contribution in [2.24, 2.45) is 0 Å². The first-order valence-corrected chi connectivity index (χ1v) is 7.95. The van der Waals surface area contributed by atoms with Gasteiger partial charge in [0.15, 0.2) is 0 Å². The average molecular weight is 333 g/mol. The number of anilines is 2. The minimum absolute atomic E-state index is 0.0411. The normalized spacial score (nSPS) is 10.2. The van der Waals surface area contributed by atoms with Gasteiger partial charge in [0, 0.05) is 30.9 Å². The van der Waals surface area contributed by atoms with Crippen LogP contribution in [0.15, 0.2) is 48.5 Å². The third-order valence-electron chi connectivity index (χ3n) is 3.55. The molecule has 0 fully saturated rings. The Bertz CT molecular complexity index is 647. The maximum atomic E-state index is 12.1. The van der Waals surface area contributed by atoms with E-state index in [9.17, 15) is 4.79 Å². The van der Waals surface area contributed by atoms with Crippen molar-refractivity contribution < 1.29 is 9.53 Å². The van der Waals surface area contributed by atoms with Crippen molar-refractivity contribution in [3.8, 4) is 5.75 Å². The summed E-state index contributed by atoms with van der Waals surface area (Å²) in [7, 11) is 1.56. The molecule has 0 heterocycles. The number of carbonyl (C=O) groups excluding carboxylic acids is 1. The van der Waals surface area contributed by atoms with Gasteiger partial charge in [-0.2, -0.15) is 0 Å². The van der Waals surface area contributed by atoms with Gasteiger partial charge in [0.25, 0.3) is 0 Å². The number of halogens is 1. The van der Waals surface area contributed by atoms with Crippen LogP contribution in [0, 0.1) is 0 Å².